The van der Waals surface area contributed by atoms with Gasteiger partial charge in [-0.1, -0.05) is 12.2 Å². The summed E-state index contributed by atoms with van der Waals surface area (Å²) in [6.45, 7) is 2.21. The lowest BCUT2D eigenvalue weighted by molar-refractivity contribution is 0.680. The Balaban J connectivity index is 2.84. The van der Waals surface area contributed by atoms with Gasteiger partial charge in [0.25, 0.3) is 5.56 Å². The lowest BCUT2D eigenvalue weighted by Crippen LogP contribution is -2.24. The van der Waals surface area contributed by atoms with Crippen LogP contribution in [0.3, 0.4) is 0 Å². The van der Waals surface area contributed by atoms with Gasteiger partial charge in [-0.05, 0) is 6.92 Å². The summed E-state index contributed by atoms with van der Waals surface area (Å²) < 4.78 is 1.56. The van der Waals surface area contributed by atoms with Crippen LogP contribution in [0.15, 0.2) is 17.2 Å². The van der Waals surface area contributed by atoms with E-state index in [0.717, 1.165) is 0 Å². The molecule has 13 heavy (non-hydrogen) atoms. The van der Waals surface area contributed by atoms with E-state index in [2.05, 4.69) is 4.98 Å². The fourth-order valence-electron chi connectivity index (χ4n) is 0.963. The minimum absolute atomic E-state index is 0.0845. The molecule has 0 aliphatic carbocycles. The lowest BCUT2D eigenvalue weighted by atomic mass is 10.4. The maximum absolute atomic E-state index is 11.4. The Morgan fingerprint density at radius 3 is 3.08 bits per heavy atom. The minimum Gasteiger partial charge on any atom is -0.393 e. The first-order valence-electron chi connectivity index (χ1n) is 3.91. The molecular formula is C8H11N3OS. The van der Waals surface area contributed by atoms with Crippen LogP contribution in [-0.2, 0) is 6.54 Å². The molecule has 0 saturated heterocycles. The maximum Gasteiger partial charge on any atom is 0.271 e. The van der Waals surface area contributed by atoms with Crippen molar-refractivity contribution in [3.8, 4) is 0 Å². The largest absolute Gasteiger partial charge is 0.393 e. The number of nitrogens with zero attached hydrogens (tertiary/aromatic N) is 2. The third-order valence-corrected chi connectivity index (χ3v) is 1.89. The van der Waals surface area contributed by atoms with E-state index in [9.17, 15) is 4.79 Å². The van der Waals surface area contributed by atoms with Crippen molar-refractivity contribution in [2.24, 2.45) is 5.73 Å². The van der Waals surface area contributed by atoms with Crippen molar-refractivity contribution in [3.05, 3.63) is 28.4 Å². The van der Waals surface area contributed by atoms with Crippen LogP contribution in [0.4, 0.5) is 0 Å². The zero-order chi connectivity index (χ0) is 9.84. The second-order valence-corrected chi connectivity index (χ2v) is 3.25. The molecule has 1 heterocycles. The monoisotopic (exact) mass is 197 g/mol. The smallest absolute Gasteiger partial charge is 0.271 e. The Hall–Kier alpha value is -1.23. The average molecular weight is 197 g/mol. The van der Waals surface area contributed by atoms with Gasteiger partial charge in [0.15, 0.2) is 0 Å². The topological polar surface area (TPSA) is 60.9 Å². The van der Waals surface area contributed by atoms with E-state index < -0.39 is 0 Å². The quantitative estimate of drug-likeness (QED) is 0.704. The molecule has 0 aromatic carbocycles. The van der Waals surface area contributed by atoms with Gasteiger partial charge < -0.3 is 10.3 Å². The minimum atomic E-state index is -0.0845. The maximum atomic E-state index is 11.4. The molecule has 0 spiro atoms. The lowest BCUT2D eigenvalue weighted by Gasteiger charge is -2.03. The fourth-order valence-corrected chi connectivity index (χ4v) is 1.05. The Labute approximate surface area is 81.4 Å². The normalized spacial score (nSPS) is 9.92. The summed E-state index contributed by atoms with van der Waals surface area (Å²) in [5, 5.41) is 0. The summed E-state index contributed by atoms with van der Waals surface area (Å²) in [6.07, 6.45) is 3.77. The van der Waals surface area contributed by atoms with E-state index in [1.165, 1.54) is 0 Å². The predicted octanol–water partition coefficient (Wildman–Crippen LogP) is 0.228. The number of thiocarbonyl (C=S) groups is 1. The Bertz CT molecular complexity index is 372. The first-order valence-corrected chi connectivity index (χ1v) is 4.32. The van der Waals surface area contributed by atoms with Crippen LogP contribution in [-0.4, -0.2) is 14.5 Å². The van der Waals surface area contributed by atoms with Crippen LogP contribution in [0.25, 0.3) is 0 Å². The van der Waals surface area contributed by atoms with Crippen molar-refractivity contribution in [3.63, 3.8) is 0 Å². The highest BCUT2D eigenvalue weighted by atomic mass is 32.1. The Morgan fingerprint density at radius 1 is 1.77 bits per heavy atom. The number of hydrogen-bond donors (Lipinski definition) is 1. The number of rotatable bonds is 3. The highest BCUT2D eigenvalue weighted by molar-refractivity contribution is 7.80. The fraction of sp³-hybridized carbons (Fsp3) is 0.375. The zero-order valence-electron chi connectivity index (χ0n) is 7.36. The molecule has 1 aromatic rings. The SMILES string of the molecule is Cc1nccn(CCC(N)=S)c1=O. The molecule has 4 nitrogen and oxygen atoms in total. The number of aryl methyl sites for hydroxylation is 2. The third-order valence-electron chi connectivity index (χ3n) is 1.68. The van der Waals surface area contributed by atoms with E-state index >= 15 is 0 Å². The van der Waals surface area contributed by atoms with Gasteiger partial charge in [-0.15, -0.1) is 0 Å². The molecule has 0 radical (unpaired) electrons. The van der Waals surface area contributed by atoms with Gasteiger partial charge >= 0.3 is 0 Å². The van der Waals surface area contributed by atoms with Crippen molar-refractivity contribution >= 4 is 17.2 Å². The Morgan fingerprint density at radius 2 is 2.46 bits per heavy atom. The van der Waals surface area contributed by atoms with E-state index in [1.54, 1.807) is 23.9 Å². The summed E-state index contributed by atoms with van der Waals surface area (Å²) in [5.74, 6) is 0. The Kier molecular flexibility index (Phi) is 3.13. The molecule has 0 aliphatic heterocycles. The second kappa shape index (κ2) is 4.13. The molecular weight excluding hydrogens is 186 g/mol. The van der Waals surface area contributed by atoms with Crippen LogP contribution in [0.2, 0.25) is 0 Å². The highest BCUT2D eigenvalue weighted by Gasteiger charge is 1.99. The molecule has 0 amide bonds. The first kappa shape index (κ1) is 9.85. The molecule has 0 aliphatic rings. The summed E-state index contributed by atoms with van der Waals surface area (Å²) in [6, 6.07) is 0. The van der Waals surface area contributed by atoms with Crippen molar-refractivity contribution in [2.75, 3.05) is 0 Å². The van der Waals surface area contributed by atoms with E-state index in [0.29, 0.717) is 23.6 Å². The van der Waals surface area contributed by atoms with Crippen molar-refractivity contribution in [1.29, 1.82) is 0 Å². The van der Waals surface area contributed by atoms with Crippen molar-refractivity contribution in [1.82, 2.24) is 9.55 Å². The van der Waals surface area contributed by atoms with Crippen molar-refractivity contribution in [2.45, 2.75) is 19.9 Å². The predicted molar refractivity (Wildman–Crippen MR) is 54.6 cm³/mol. The van der Waals surface area contributed by atoms with Gasteiger partial charge in [-0.25, -0.2) is 0 Å². The third kappa shape index (κ3) is 2.62. The number of hydrogen-bond acceptors (Lipinski definition) is 3. The summed E-state index contributed by atoms with van der Waals surface area (Å²) in [4.78, 5) is 15.7. The molecule has 0 atom stereocenters. The molecule has 1 rings (SSSR count). The van der Waals surface area contributed by atoms with Gasteiger partial charge in [-0.2, -0.15) is 0 Å². The molecule has 0 unspecified atom stereocenters. The van der Waals surface area contributed by atoms with Gasteiger partial charge in [0.05, 0.1) is 4.99 Å². The molecule has 1 aromatic heterocycles. The standard InChI is InChI=1S/C8H11N3OS/c1-6-8(12)11(5-3-10-6)4-2-7(9)13/h3,5H,2,4H2,1H3,(H2,9,13). The summed E-state index contributed by atoms with van der Waals surface area (Å²) in [7, 11) is 0. The van der Waals surface area contributed by atoms with Gasteiger partial charge in [0.1, 0.15) is 5.69 Å². The van der Waals surface area contributed by atoms with E-state index in [1.807, 2.05) is 0 Å². The van der Waals surface area contributed by atoms with Crippen LogP contribution in [0, 0.1) is 6.92 Å². The molecule has 0 bridgehead atoms. The molecule has 70 valence electrons. The highest BCUT2D eigenvalue weighted by Crippen LogP contribution is 1.88. The number of aromatic nitrogens is 2. The summed E-state index contributed by atoms with van der Waals surface area (Å²) in [5.41, 5.74) is 5.74. The molecule has 5 heteroatoms. The second-order valence-electron chi connectivity index (χ2n) is 2.73. The van der Waals surface area contributed by atoms with Gasteiger partial charge in [0.2, 0.25) is 0 Å². The van der Waals surface area contributed by atoms with Gasteiger partial charge in [-0.3, -0.25) is 9.78 Å². The molecule has 2 N–H and O–H groups in total. The molecule has 0 saturated carbocycles. The van der Waals surface area contributed by atoms with Crippen LogP contribution < -0.4 is 11.3 Å². The van der Waals surface area contributed by atoms with Crippen LogP contribution >= 0.6 is 12.2 Å². The van der Waals surface area contributed by atoms with E-state index in [-0.39, 0.29) is 5.56 Å². The summed E-state index contributed by atoms with van der Waals surface area (Å²) >= 11 is 4.72. The zero-order valence-corrected chi connectivity index (χ0v) is 8.17. The number of nitrogens with two attached hydrogens (primary N) is 1. The molecule has 0 fully saturated rings. The van der Waals surface area contributed by atoms with E-state index in [4.69, 9.17) is 18.0 Å². The van der Waals surface area contributed by atoms with Crippen LogP contribution in [0.5, 0.6) is 0 Å². The van der Waals surface area contributed by atoms with Gasteiger partial charge in [0, 0.05) is 25.4 Å². The van der Waals surface area contributed by atoms with Crippen molar-refractivity contribution < 1.29 is 0 Å². The van der Waals surface area contributed by atoms with Crippen LogP contribution in [0.1, 0.15) is 12.1 Å². The first-order chi connectivity index (χ1) is 6.11. The average Bonchev–Trinajstić information content (AvgIpc) is 2.07.